The van der Waals surface area contributed by atoms with Crippen LogP contribution in [-0.2, 0) is 11.2 Å². The van der Waals surface area contributed by atoms with Crippen LogP contribution in [-0.4, -0.2) is 53.1 Å². The molecule has 0 unspecified atom stereocenters. The van der Waals surface area contributed by atoms with Gasteiger partial charge in [-0.05, 0) is 36.8 Å². The molecule has 2 aromatic heterocycles. The molecule has 1 N–H and O–H groups in total. The fraction of sp³-hybridized carbons (Fsp3) is 0.250. The Morgan fingerprint density at radius 3 is 2.52 bits per heavy atom. The minimum absolute atomic E-state index is 0.0552. The van der Waals surface area contributed by atoms with Crippen molar-refractivity contribution in [3.05, 3.63) is 65.7 Å². The van der Waals surface area contributed by atoms with Gasteiger partial charge in [0.05, 0.1) is 27.2 Å². The maximum Gasteiger partial charge on any atom is 0.231 e. The van der Waals surface area contributed by atoms with Crippen molar-refractivity contribution in [3.63, 3.8) is 0 Å². The van der Waals surface area contributed by atoms with Crippen molar-refractivity contribution < 1.29 is 19.0 Å². The van der Waals surface area contributed by atoms with Gasteiger partial charge >= 0.3 is 0 Å². The Morgan fingerprint density at radius 1 is 0.970 bits per heavy atom. The van der Waals surface area contributed by atoms with Gasteiger partial charge in [-0.3, -0.25) is 4.79 Å². The third-order valence-electron chi connectivity index (χ3n) is 5.04. The molecule has 170 valence electrons. The van der Waals surface area contributed by atoms with Crippen LogP contribution in [0.1, 0.15) is 11.1 Å². The van der Waals surface area contributed by atoms with E-state index in [4.69, 9.17) is 14.2 Å². The number of benzene rings is 2. The summed E-state index contributed by atoms with van der Waals surface area (Å²) in [4.78, 5) is 12.1. The third-order valence-corrected chi connectivity index (χ3v) is 5.04. The van der Waals surface area contributed by atoms with Gasteiger partial charge in [0.25, 0.3) is 0 Å². The average molecular weight is 447 g/mol. The van der Waals surface area contributed by atoms with Gasteiger partial charge in [0.1, 0.15) is 6.61 Å². The molecular formula is C24H25N5O4. The van der Waals surface area contributed by atoms with Gasteiger partial charge in [-0.1, -0.05) is 29.8 Å². The van der Waals surface area contributed by atoms with E-state index in [0.29, 0.717) is 41.8 Å². The van der Waals surface area contributed by atoms with E-state index in [1.807, 2.05) is 43.3 Å². The van der Waals surface area contributed by atoms with Crippen molar-refractivity contribution in [2.24, 2.45) is 0 Å². The number of aromatic nitrogens is 4. The fourth-order valence-corrected chi connectivity index (χ4v) is 3.30. The lowest BCUT2D eigenvalue weighted by atomic mass is 10.1. The highest BCUT2D eigenvalue weighted by Crippen LogP contribution is 2.31. The number of methoxy groups -OCH3 is 2. The number of fused-ring (bicyclic) bond motifs is 1. The van der Waals surface area contributed by atoms with Crippen LogP contribution in [0.3, 0.4) is 0 Å². The Kier molecular flexibility index (Phi) is 6.68. The summed E-state index contributed by atoms with van der Waals surface area (Å²) < 4.78 is 18.0. The number of carbonyl (C=O) groups excluding carboxylic acids is 1. The van der Waals surface area contributed by atoms with Gasteiger partial charge in [-0.25, -0.2) is 0 Å². The largest absolute Gasteiger partial charge is 0.493 e. The smallest absolute Gasteiger partial charge is 0.231 e. The minimum atomic E-state index is -0.0552. The van der Waals surface area contributed by atoms with Gasteiger partial charge in [0.15, 0.2) is 23.0 Å². The van der Waals surface area contributed by atoms with Gasteiger partial charge < -0.3 is 19.5 Å². The second-order valence-corrected chi connectivity index (χ2v) is 7.40. The Hall–Kier alpha value is -4.14. The summed E-state index contributed by atoms with van der Waals surface area (Å²) in [6, 6.07) is 16.9. The van der Waals surface area contributed by atoms with Crippen LogP contribution in [0.25, 0.3) is 17.0 Å². The number of rotatable bonds is 9. The van der Waals surface area contributed by atoms with Gasteiger partial charge in [0.2, 0.25) is 11.8 Å². The highest BCUT2D eigenvalue weighted by atomic mass is 16.5. The maximum absolute atomic E-state index is 12.1. The lowest BCUT2D eigenvalue weighted by molar-refractivity contribution is -0.120. The first-order chi connectivity index (χ1) is 16.1. The van der Waals surface area contributed by atoms with Crippen LogP contribution in [0.5, 0.6) is 17.4 Å². The molecule has 0 aliphatic heterocycles. The summed E-state index contributed by atoms with van der Waals surface area (Å²) in [6.45, 7) is 2.67. The molecule has 1 amide bonds. The molecule has 0 bridgehead atoms. The molecule has 2 aromatic carbocycles. The molecule has 0 spiro atoms. The van der Waals surface area contributed by atoms with Crippen molar-refractivity contribution in [2.75, 3.05) is 27.4 Å². The zero-order valence-electron chi connectivity index (χ0n) is 18.7. The van der Waals surface area contributed by atoms with Crippen molar-refractivity contribution in [1.29, 1.82) is 0 Å². The summed E-state index contributed by atoms with van der Waals surface area (Å²) in [5, 5.41) is 15.8. The number of amides is 1. The van der Waals surface area contributed by atoms with E-state index in [-0.39, 0.29) is 12.5 Å². The van der Waals surface area contributed by atoms with Crippen LogP contribution in [0, 0.1) is 6.92 Å². The summed E-state index contributed by atoms with van der Waals surface area (Å²) in [6.07, 6.45) is 0.333. The molecule has 9 nitrogen and oxygen atoms in total. The van der Waals surface area contributed by atoms with E-state index in [2.05, 4.69) is 20.6 Å². The van der Waals surface area contributed by atoms with Crippen molar-refractivity contribution in [1.82, 2.24) is 25.1 Å². The van der Waals surface area contributed by atoms with E-state index in [0.717, 1.165) is 11.1 Å². The molecular weight excluding hydrogens is 422 g/mol. The predicted octanol–water partition coefficient (Wildman–Crippen LogP) is 2.85. The SMILES string of the molecule is COc1ccc(-c2nnc3ccc(OCCNC(=O)Cc4ccc(C)cc4)nn23)cc1OC. The van der Waals surface area contributed by atoms with Crippen LogP contribution >= 0.6 is 0 Å². The molecule has 0 saturated carbocycles. The van der Waals surface area contributed by atoms with Crippen molar-refractivity contribution in [3.8, 4) is 28.8 Å². The third kappa shape index (κ3) is 5.20. The lowest BCUT2D eigenvalue weighted by Crippen LogP contribution is -2.29. The predicted molar refractivity (Wildman–Crippen MR) is 123 cm³/mol. The first-order valence-corrected chi connectivity index (χ1v) is 10.5. The Morgan fingerprint density at radius 2 is 1.76 bits per heavy atom. The van der Waals surface area contributed by atoms with Gasteiger partial charge in [-0.15, -0.1) is 15.3 Å². The summed E-state index contributed by atoms with van der Waals surface area (Å²) in [7, 11) is 3.16. The summed E-state index contributed by atoms with van der Waals surface area (Å²) in [5.74, 6) is 2.09. The molecule has 0 aliphatic rings. The summed E-state index contributed by atoms with van der Waals surface area (Å²) >= 11 is 0. The lowest BCUT2D eigenvalue weighted by Gasteiger charge is -2.09. The fourth-order valence-electron chi connectivity index (χ4n) is 3.30. The monoisotopic (exact) mass is 447 g/mol. The normalized spacial score (nSPS) is 10.8. The van der Waals surface area contributed by atoms with Crippen LogP contribution < -0.4 is 19.5 Å². The van der Waals surface area contributed by atoms with Crippen LogP contribution in [0.2, 0.25) is 0 Å². The Labute approximate surface area is 191 Å². The molecule has 0 aliphatic carbocycles. The molecule has 0 radical (unpaired) electrons. The molecule has 9 heteroatoms. The molecule has 0 fully saturated rings. The Bertz CT molecular complexity index is 1250. The molecule has 2 heterocycles. The maximum atomic E-state index is 12.1. The zero-order chi connectivity index (χ0) is 23.2. The quantitative estimate of drug-likeness (QED) is 0.394. The summed E-state index contributed by atoms with van der Waals surface area (Å²) in [5.41, 5.74) is 3.49. The van der Waals surface area contributed by atoms with E-state index >= 15 is 0 Å². The number of nitrogens with zero attached hydrogens (tertiary/aromatic N) is 4. The molecule has 0 saturated heterocycles. The van der Waals surface area contributed by atoms with Crippen molar-refractivity contribution >= 4 is 11.6 Å². The number of hydrogen-bond donors (Lipinski definition) is 1. The molecule has 4 rings (SSSR count). The van der Waals surface area contributed by atoms with E-state index in [1.54, 1.807) is 36.9 Å². The topological polar surface area (TPSA) is 99.9 Å². The minimum Gasteiger partial charge on any atom is -0.493 e. The average Bonchev–Trinajstić information content (AvgIpc) is 3.26. The number of aryl methyl sites for hydroxylation is 1. The number of hydrogen-bond acceptors (Lipinski definition) is 7. The number of nitrogens with one attached hydrogen (secondary N) is 1. The molecule has 4 aromatic rings. The molecule has 33 heavy (non-hydrogen) atoms. The number of ether oxygens (including phenoxy) is 3. The van der Waals surface area contributed by atoms with E-state index in [9.17, 15) is 4.79 Å². The first-order valence-electron chi connectivity index (χ1n) is 10.5. The van der Waals surface area contributed by atoms with Gasteiger partial charge in [-0.2, -0.15) is 4.52 Å². The second-order valence-electron chi connectivity index (χ2n) is 7.40. The Balaban J connectivity index is 1.38. The zero-order valence-corrected chi connectivity index (χ0v) is 18.7. The highest BCUT2D eigenvalue weighted by Gasteiger charge is 2.13. The molecule has 0 atom stereocenters. The number of carbonyl (C=O) groups is 1. The van der Waals surface area contributed by atoms with E-state index in [1.165, 1.54) is 5.56 Å². The second kappa shape index (κ2) is 9.99. The van der Waals surface area contributed by atoms with E-state index < -0.39 is 0 Å². The van der Waals surface area contributed by atoms with Crippen LogP contribution in [0.15, 0.2) is 54.6 Å². The van der Waals surface area contributed by atoms with Crippen LogP contribution in [0.4, 0.5) is 0 Å². The van der Waals surface area contributed by atoms with Gasteiger partial charge in [0, 0.05) is 11.6 Å². The standard InChI is InChI=1S/C24H25N5O4/c1-16-4-6-17(7-5-16)14-22(30)25-12-13-33-23-11-10-21-26-27-24(29(21)28-23)18-8-9-19(31-2)20(15-18)32-3/h4-11,15H,12-14H2,1-3H3,(H,25,30). The van der Waals surface area contributed by atoms with Crippen molar-refractivity contribution in [2.45, 2.75) is 13.3 Å². The first kappa shape index (κ1) is 22.1. The highest BCUT2D eigenvalue weighted by molar-refractivity contribution is 5.78.